The van der Waals surface area contributed by atoms with Crippen LogP contribution in [0, 0.1) is 0 Å². The summed E-state index contributed by atoms with van der Waals surface area (Å²) in [5.74, 6) is 0.978. The van der Waals surface area contributed by atoms with E-state index in [-0.39, 0.29) is 6.10 Å². The van der Waals surface area contributed by atoms with E-state index in [1.165, 1.54) is 5.69 Å². The van der Waals surface area contributed by atoms with Crippen LogP contribution in [0.5, 0.6) is 5.75 Å². The maximum absolute atomic E-state index is 5.92. The summed E-state index contributed by atoms with van der Waals surface area (Å²) >= 11 is 0. The van der Waals surface area contributed by atoms with E-state index in [0.29, 0.717) is 6.54 Å². The molecule has 1 aliphatic heterocycles. The first-order chi connectivity index (χ1) is 9.10. The Morgan fingerprint density at radius 1 is 1.42 bits per heavy atom. The van der Waals surface area contributed by atoms with E-state index in [1.807, 2.05) is 0 Å². The summed E-state index contributed by atoms with van der Waals surface area (Å²) in [7, 11) is 4.23. The summed E-state index contributed by atoms with van der Waals surface area (Å²) < 4.78 is 5.92. The highest BCUT2D eigenvalue weighted by atomic mass is 16.5. The van der Waals surface area contributed by atoms with Crippen LogP contribution in [-0.2, 0) is 6.54 Å². The second-order valence-corrected chi connectivity index (χ2v) is 5.54. The molecule has 0 fully saturated rings. The molecule has 0 aliphatic carbocycles. The lowest BCUT2D eigenvalue weighted by Crippen LogP contribution is -2.39. The van der Waals surface area contributed by atoms with Gasteiger partial charge in [0.25, 0.3) is 0 Å². The fourth-order valence-electron chi connectivity index (χ4n) is 2.49. The lowest BCUT2D eigenvalue weighted by molar-refractivity contribution is 0.211. The van der Waals surface area contributed by atoms with Crippen LogP contribution in [0.2, 0.25) is 0 Å². The Hall–Kier alpha value is -1.26. The molecule has 1 aromatic rings. The number of fused-ring (bicyclic) bond motifs is 1. The number of rotatable bonds is 5. The molecular formula is C15H25N3O. The molecule has 106 valence electrons. The summed E-state index contributed by atoms with van der Waals surface area (Å²) in [6, 6.07) is 6.31. The third-order valence-corrected chi connectivity index (χ3v) is 3.44. The van der Waals surface area contributed by atoms with Gasteiger partial charge in [0.1, 0.15) is 11.9 Å². The van der Waals surface area contributed by atoms with Crippen LogP contribution in [0.3, 0.4) is 0 Å². The zero-order valence-electron chi connectivity index (χ0n) is 12.2. The van der Waals surface area contributed by atoms with E-state index in [2.05, 4.69) is 49.0 Å². The van der Waals surface area contributed by atoms with Crippen LogP contribution in [0.4, 0.5) is 5.69 Å². The molecule has 1 aromatic carbocycles. The van der Waals surface area contributed by atoms with Gasteiger partial charge in [-0.1, -0.05) is 6.07 Å². The first kappa shape index (κ1) is 14.2. The topological polar surface area (TPSA) is 41.7 Å². The normalized spacial score (nSPS) is 18.4. The molecule has 1 heterocycles. The van der Waals surface area contributed by atoms with Crippen LogP contribution in [-0.4, -0.2) is 44.7 Å². The van der Waals surface area contributed by atoms with Crippen LogP contribution in [0.15, 0.2) is 18.2 Å². The number of benzene rings is 1. The zero-order chi connectivity index (χ0) is 13.8. The van der Waals surface area contributed by atoms with E-state index in [0.717, 1.165) is 37.4 Å². The van der Waals surface area contributed by atoms with Gasteiger partial charge in [-0.3, -0.25) is 0 Å². The van der Waals surface area contributed by atoms with Gasteiger partial charge >= 0.3 is 0 Å². The fraction of sp³-hybridized carbons (Fsp3) is 0.600. The number of nitrogens with two attached hydrogens (primary N) is 1. The fourth-order valence-corrected chi connectivity index (χ4v) is 2.49. The molecule has 2 N–H and O–H groups in total. The van der Waals surface area contributed by atoms with Gasteiger partial charge in [0.2, 0.25) is 0 Å². The smallest absolute Gasteiger partial charge is 0.143 e. The molecule has 0 radical (unpaired) electrons. The maximum atomic E-state index is 5.92. The van der Waals surface area contributed by atoms with Crippen LogP contribution in [0.1, 0.15) is 18.9 Å². The Balaban J connectivity index is 2.10. The minimum absolute atomic E-state index is 0.236. The van der Waals surface area contributed by atoms with Gasteiger partial charge in [0.05, 0.1) is 12.2 Å². The lowest BCUT2D eigenvalue weighted by atomic mass is 10.1. The van der Waals surface area contributed by atoms with Gasteiger partial charge in [-0.2, -0.15) is 0 Å². The molecule has 0 amide bonds. The third-order valence-electron chi connectivity index (χ3n) is 3.44. The van der Waals surface area contributed by atoms with E-state index in [9.17, 15) is 0 Å². The zero-order valence-corrected chi connectivity index (χ0v) is 12.2. The minimum atomic E-state index is 0.236. The van der Waals surface area contributed by atoms with Gasteiger partial charge in [-0.05, 0) is 51.7 Å². The van der Waals surface area contributed by atoms with Gasteiger partial charge in [-0.25, -0.2) is 0 Å². The molecule has 0 aromatic heterocycles. The molecule has 4 heteroatoms. The molecule has 0 bridgehead atoms. The van der Waals surface area contributed by atoms with Crippen LogP contribution in [0.25, 0.3) is 0 Å². The molecule has 2 rings (SSSR count). The highest BCUT2D eigenvalue weighted by molar-refractivity contribution is 5.61. The molecule has 1 aliphatic rings. The summed E-state index contributed by atoms with van der Waals surface area (Å²) in [4.78, 5) is 4.65. The minimum Gasteiger partial charge on any atom is -0.487 e. The Labute approximate surface area is 116 Å². The monoisotopic (exact) mass is 263 g/mol. The van der Waals surface area contributed by atoms with E-state index in [4.69, 9.17) is 10.5 Å². The predicted octanol–water partition coefficient (Wildman–Crippen LogP) is 1.68. The molecular weight excluding hydrogens is 238 g/mol. The summed E-state index contributed by atoms with van der Waals surface area (Å²) in [5.41, 5.74) is 8.02. The highest BCUT2D eigenvalue weighted by Crippen LogP contribution is 2.34. The third kappa shape index (κ3) is 3.61. The van der Waals surface area contributed by atoms with Crippen molar-refractivity contribution >= 4 is 5.69 Å². The average molecular weight is 263 g/mol. The van der Waals surface area contributed by atoms with E-state index in [1.54, 1.807) is 0 Å². The Morgan fingerprint density at radius 3 is 2.89 bits per heavy atom. The van der Waals surface area contributed by atoms with Gasteiger partial charge < -0.3 is 20.3 Å². The summed E-state index contributed by atoms with van der Waals surface area (Å²) in [6.45, 7) is 5.83. The van der Waals surface area contributed by atoms with E-state index >= 15 is 0 Å². The Morgan fingerprint density at radius 2 is 2.21 bits per heavy atom. The number of hydrogen-bond donors (Lipinski definition) is 1. The first-order valence-electron chi connectivity index (χ1n) is 6.99. The first-order valence-corrected chi connectivity index (χ1v) is 6.99. The maximum Gasteiger partial charge on any atom is 0.143 e. The predicted molar refractivity (Wildman–Crippen MR) is 79.8 cm³/mol. The van der Waals surface area contributed by atoms with Crippen molar-refractivity contribution in [3.8, 4) is 5.75 Å². The Kier molecular flexibility index (Phi) is 4.66. The second kappa shape index (κ2) is 6.26. The molecule has 19 heavy (non-hydrogen) atoms. The van der Waals surface area contributed by atoms with Crippen molar-refractivity contribution in [1.29, 1.82) is 0 Å². The van der Waals surface area contributed by atoms with Gasteiger partial charge in [-0.15, -0.1) is 0 Å². The lowest BCUT2D eigenvalue weighted by Gasteiger charge is -2.35. The van der Waals surface area contributed by atoms with Crippen molar-refractivity contribution in [2.24, 2.45) is 5.73 Å². The van der Waals surface area contributed by atoms with Crippen molar-refractivity contribution < 1.29 is 4.74 Å². The van der Waals surface area contributed by atoms with Crippen molar-refractivity contribution in [3.05, 3.63) is 23.8 Å². The molecule has 4 nitrogen and oxygen atoms in total. The standard InChI is InChI=1S/C15H25N3O/c1-12-11-18(8-4-7-17(2)3)14-6-5-13(10-16)9-15(14)19-12/h5-6,9,12H,4,7-8,10-11,16H2,1-3H3. The number of ether oxygens (including phenoxy) is 1. The van der Waals surface area contributed by atoms with Gasteiger partial charge in [0.15, 0.2) is 0 Å². The van der Waals surface area contributed by atoms with Crippen LogP contribution < -0.4 is 15.4 Å². The summed E-state index contributed by atoms with van der Waals surface area (Å²) in [5, 5.41) is 0. The summed E-state index contributed by atoms with van der Waals surface area (Å²) in [6.07, 6.45) is 1.40. The highest BCUT2D eigenvalue weighted by Gasteiger charge is 2.22. The number of anilines is 1. The largest absolute Gasteiger partial charge is 0.487 e. The molecule has 0 saturated carbocycles. The van der Waals surface area contributed by atoms with E-state index < -0.39 is 0 Å². The van der Waals surface area contributed by atoms with Crippen LogP contribution >= 0.6 is 0 Å². The van der Waals surface area contributed by atoms with Crippen molar-refractivity contribution in [2.75, 3.05) is 38.6 Å². The molecule has 0 saturated heterocycles. The number of hydrogen-bond acceptors (Lipinski definition) is 4. The molecule has 0 spiro atoms. The molecule has 1 atom stereocenters. The second-order valence-electron chi connectivity index (χ2n) is 5.54. The SMILES string of the molecule is CC1CN(CCCN(C)C)c2ccc(CN)cc2O1. The van der Waals surface area contributed by atoms with Crippen molar-refractivity contribution in [2.45, 2.75) is 26.0 Å². The Bertz CT molecular complexity index is 420. The van der Waals surface area contributed by atoms with Gasteiger partial charge in [0, 0.05) is 13.1 Å². The quantitative estimate of drug-likeness (QED) is 0.877. The van der Waals surface area contributed by atoms with Crippen molar-refractivity contribution in [1.82, 2.24) is 4.90 Å². The van der Waals surface area contributed by atoms with Crippen molar-refractivity contribution in [3.63, 3.8) is 0 Å². The average Bonchev–Trinajstić information content (AvgIpc) is 2.37. The molecule has 1 unspecified atom stereocenters. The number of nitrogens with zero attached hydrogens (tertiary/aromatic N) is 2.